The Morgan fingerprint density at radius 3 is 2.08 bits per heavy atom. The van der Waals surface area contributed by atoms with Crippen molar-refractivity contribution in [1.82, 2.24) is 0 Å². The summed E-state index contributed by atoms with van der Waals surface area (Å²) >= 11 is 5.86. The Morgan fingerprint density at radius 2 is 1.75 bits per heavy atom. The fraction of sp³-hybridized carbons (Fsp3) is 1.00. The van der Waals surface area contributed by atoms with Crippen molar-refractivity contribution in [3.05, 3.63) is 0 Å². The average molecular weight is 193 g/mol. The molecule has 0 saturated heterocycles. The molecule has 0 amide bonds. The summed E-state index contributed by atoms with van der Waals surface area (Å²) in [5.41, 5.74) is 0. The maximum atomic E-state index is 5.86. The van der Waals surface area contributed by atoms with Crippen LogP contribution < -0.4 is 0 Å². The van der Waals surface area contributed by atoms with E-state index in [1.807, 2.05) is 0 Å². The number of hydrogen-bond acceptors (Lipinski definition) is 1. The highest BCUT2D eigenvalue weighted by atomic mass is 35.5. The van der Waals surface area contributed by atoms with Crippen LogP contribution in [0.2, 0.25) is 0 Å². The van der Waals surface area contributed by atoms with Gasteiger partial charge in [0.1, 0.15) is 0 Å². The molecule has 0 aromatic carbocycles. The van der Waals surface area contributed by atoms with Gasteiger partial charge in [0.2, 0.25) is 0 Å². The van der Waals surface area contributed by atoms with Crippen LogP contribution in [-0.4, -0.2) is 19.1 Å². The first-order valence-corrected chi connectivity index (χ1v) is 5.22. The Morgan fingerprint density at radius 1 is 1.17 bits per heavy atom. The van der Waals surface area contributed by atoms with Crippen LogP contribution in [0.4, 0.5) is 0 Å². The third kappa shape index (κ3) is 5.84. The standard InChI is InChI=1S/C10H21ClO/c1-8(2)5-10(7-11)6-9(3)12-4/h8-10H,5-7H2,1-4H3. The van der Waals surface area contributed by atoms with E-state index >= 15 is 0 Å². The van der Waals surface area contributed by atoms with Crippen molar-refractivity contribution in [2.75, 3.05) is 13.0 Å². The highest BCUT2D eigenvalue weighted by molar-refractivity contribution is 6.18. The smallest absolute Gasteiger partial charge is 0.0546 e. The van der Waals surface area contributed by atoms with E-state index in [9.17, 15) is 0 Å². The zero-order valence-corrected chi connectivity index (χ0v) is 9.40. The van der Waals surface area contributed by atoms with Crippen LogP contribution in [0.25, 0.3) is 0 Å². The number of hydrogen-bond donors (Lipinski definition) is 0. The number of rotatable bonds is 6. The largest absolute Gasteiger partial charge is 0.382 e. The minimum Gasteiger partial charge on any atom is -0.382 e. The highest BCUT2D eigenvalue weighted by Gasteiger charge is 2.13. The molecule has 0 aromatic heterocycles. The Hall–Kier alpha value is 0.250. The first-order valence-electron chi connectivity index (χ1n) is 4.68. The molecule has 0 aliphatic rings. The maximum absolute atomic E-state index is 5.86. The molecule has 0 N–H and O–H groups in total. The third-order valence-corrected chi connectivity index (χ3v) is 2.53. The normalized spacial score (nSPS) is 16.5. The maximum Gasteiger partial charge on any atom is 0.0546 e. The van der Waals surface area contributed by atoms with Crippen molar-refractivity contribution in [3.63, 3.8) is 0 Å². The van der Waals surface area contributed by atoms with E-state index in [1.165, 1.54) is 6.42 Å². The second-order valence-electron chi connectivity index (χ2n) is 3.93. The SMILES string of the molecule is COC(C)CC(CCl)CC(C)C. The van der Waals surface area contributed by atoms with Gasteiger partial charge in [-0.05, 0) is 31.6 Å². The molecule has 0 rings (SSSR count). The van der Waals surface area contributed by atoms with E-state index in [0.717, 1.165) is 18.2 Å². The van der Waals surface area contributed by atoms with Crippen LogP contribution in [0.3, 0.4) is 0 Å². The van der Waals surface area contributed by atoms with Gasteiger partial charge in [-0.2, -0.15) is 0 Å². The predicted octanol–water partition coefficient (Wildman–Crippen LogP) is 3.31. The first kappa shape index (κ1) is 12.2. The van der Waals surface area contributed by atoms with Crippen molar-refractivity contribution < 1.29 is 4.74 Å². The van der Waals surface area contributed by atoms with Crippen LogP contribution >= 0.6 is 11.6 Å². The van der Waals surface area contributed by atoms with E-state index in [2.05, 4.69) is 20.8 Å². The molecule has 0 aromatic rings. The molecule has 2 unspecified atom stereocenters. The van der Waals surface area contributed by atoms with E-state index in [-0.39, 0.29) is 0 Å². The third-order valence-electron chi connectivity index (χ3n) is 2.09. The second-order valence-corrected chi connectivity index (χ2v) is 4.24. The number of halogens is 1. The fourth-order valence-corrected chi connectivity index (χ4v) is 1.71. The van der Waals surface area contributed by atoms with E-state index < -0.39 is 0 Å². The van der Waals surface area contributed by atoms with Gasteiger partial charge in [-0.25, -0.2) is 0 Å². The van der Waals surface area contributed by atoms with Crippen molar-refractivity contribution in [3.8, 4) is 0 Å². The van der Waals surface area contributed by atoms with Gasteiger partial charge in [-0.3, -0.25) is 0 Å². The summed E-state index contributed by atoms with van der Waals surface area (Å²) in [6.45, 7) is 6.56. The molecular formula is C10H21ClO. The van der Waals surface area contributed by atoms with Crippen LogP contribution in [0.5, 0.6) is 0 Å². The Labute approximate surface area is 81.4 Å². The van der Waals surface area contributed by atoms with Gasteiger partial charge in [0.15, 0.2) is 0 Å². The number of alkyl halides is 1. The molecule has 0 radical (unpaired) electrons. The van der Waals surface area contributed by atoms with Crippen LogP contribution in [-0.2, 0) is 4.74 Å². The summed E-state index contributed by atoms with van der Waals surface area (Å²) in [5.74, 6) is 2.10. The molecule has 0 saturated carbocycles. The van der Waals surface area contributed by atoms with Crippen molar-refractivity contribution in [2.45, 2.75) is 39.7 Å². The van der Waals surface area contributed by atoms with Gasteiger partial charge >= 0.3 is 0 Å². The van der Waals surface area contributed by atoms with E-state index in [0.29, 0.717) is 12.0 Å². The molecule has 0 fully saturated rings. The summed E-state index contributed by atoms with van der Waals surface area (Å²) in [5, 5.41) is 0. The minimum absolute atomic E-state index is 0.340. The fourth-order valence-electron chi connectivity index (χ4n) is 1.45. The van der Waals surface area contributed by atoms with Gasteiger partial charge in [-0.15, -0.1) is 11.6 Å². The number of methoxy groups -OCH3 is 1. The second kappa shape index (κ2) is 6.73. The first-order chi connectivity index (χ1) is 5.60. The van der Waals surface area contributed by atoms with E-state index in [1.54, 1.807) is 7.11 Å². The van der Waals surface area contributed by atoms with Crippen molar-refractivity contribution >= 4 is 11.6 Å². The quantitative estimate of drug-likeness (QED) is 0.587. The van der Waals surface area contributed by atoms with Gasteiger partial charge in [0.25, 0.3) is 0 Å². The summed E-state index contributed by atoms with van der Waals surface area (Å²) in [7, 11) is 1.76. The summed E-state index contributed by atoms with van der Waals surface area (Å²) in [4.78, 5) is 0. The number of ether oxygens (including phenoxy) is 1. The Bertz CT molecular complexity index is 104. The van der Waals surface area contributed by atoms with Gasteiger partial charge < -0.3 is 4.74 Å². The molecular weight excluding hydrogens is 172 g/mol. The van der Waals surface area contributed by atoms with Gasteiger partial charge in [0, 0.05) is 13.0 Å². The lowest BCUT2D eigenvalue weighted by Gasteiger charge is -2.19. The lowest BCUT2D eigenvalue weighted by atomic mass is 9.94. The minimum atomic E-state index is 0.340. The zero-order valence-electron chi connectivity index (χ0n) is 8.64. The molecule has 2 heteroatoms. The molecule has 74 valence electrons. The highest BCUT2D eigenvalue weighted by Crippen LogP contribution is 2.19. The molecule has 0 heterocycles. The Kier molecular flexibility index (Phi) is 6.87. The molecule has 2 atom stereocenters. The zero-order chi connectivity index (χ0) is 9.56. The average Bonchev–Trinajstić information content (AvgIpc) is 2.02. The van der Waals surface area contributed by atoms with Crippen LogP contribution in [0.1, 0.15) is 33.6 Å². The summed E-state index contributed by atoms with van der Waals surface area (Å²) < 4.78 is 5.21. The van der Waals surface area contributed by atoms with Crippen molar-refractivity contribution in [2.24, 2.45) is 11.8 Å². The topological polar surface area (TPSA) is 9.23 Å². The predicted molar refractivity (Wildman–Crippen MR) is 54.8 cm³/mol. The molecule has 0 aliphatic carbocycles. The van der Waals surface area contributed by atoms with Crippen LogP contribution in [0, 0.1) is 11.8 Å². The summed E-state index contributed by atoms with van der Waals surface area (Å²) in [6.07, 6.45) is 2.63. The lowest BCUT2D eigenvalue weighted by molar-refractivity contribution is 0.0947. The summed E-state index contributed by atoms with van der Waals surface area (Å²) in [6, 6.07) is 0. The lowest BCUT2D eigenvalue weighted by Crippen LogP contribution is -2.15. The van der Waals surface area contributed by atoms with Crippen molar-refractivity contribution in [1.29, 1.82) is 0 Å². The van der Waals surface area contributed by atoms with Gasteiger partial charge in [-0.1, -0.05) is 13.8 Å². The molecule has 1 nitrogen and oxygen atoms in total. The van der Waals surface area contributed by atoms with Crippen LogP contribution in [0.15, 0.2) is 0 Å². The molecule has 12 heavy (non-hydrogen) atoms. The molecule has 0 spiro atoms. The molecule has 0 aliphatic heterocycles. The van der Waals surface area contributed by atoms with Gasteiger partial charge in [0.05, 0.1) is 6.10 Å². The molecule has 0 bridgehead atoms. The van der Waals surface area contributed by atoms with E-state index in [4.69, 9.17) is 16.3 Å². The Balaban J connectivity index is 3.66. The monoisotopic (exact) mass is 192 g/mol.